The van der Waals surface area contributed by atoms with Gasteiger partial charge < -0.3 is 5.32 Å². The van der Waals surface area contributed by atoms with E-state index in [9.17, 15) is 4.79 Å². The van der Waals surface area contributed by atoms with Crippen LogP contribution in [0.5, 0.6) is 0 Å². The maximum absolute atomic E-state index is 11.9. The molecule has 0 atom stereocenters. The van der Waals surface area contributed by atoms with Crippen LogP contribution in [0.25, 0.3) is 11.0 Å². The summed E-state index contributed by atoms with van der Waals surface area (Å²) in [6, 6.07) is 5.78. The van der Waals surface area contributed by atoms with Gasteiger partial charge in [0.05, 0.1) is 11.4 Å². The fourth-order valence-corrected chi connectivity index (χ4v) is 3.23. The first-order chi connectivity index (χ1) is 11.1. The first kappa shape index (κ1) is 15.4. The number of nitrogens with one attached hydrogen (secondary N) is 1. The van der Waals surface area contributed by atoms with Crippen molar-refractivity contribution in [1.29, 1.82) is 0 Å². The number of fused-ring (bicyclic) bond motifs is 1. The number of nitrogens with zero attached hydrogens (tertiary/aromatic N) is 3. The minimum atomic E-state index is -0.109. The molecule has 6 heteroatoms. The summed E-state index contributed by atoms with van der Waals surface area (Å²) in [6.45, 7) is 4.57. The monoisotopic (exact) mass is 326 g/mol. The van der Waals surface area contributed by atoms with Crippen molar-refractivity contribution in [1.82, 2.24) is 19.7 Å². The Hall–Kier alpha value is -2.47. The van der Waals surface area contributed by atoms with E-state index in [2.05, 4.69) is 15.3 Å². The number of aryl methyl sites for hydroxylation is 2. The van der Waals surface area contributed by atoms with Crippen LogP contribution in [0.2, 0.25) is 0 Å². The van der Waals surface area contributed by atoms with Gasteiger partial charge in [0.15, 0.2) is 4.96 Å². The van der Waals surface area contributed by atoms with Crippen molar-refractivity contribution in [3.8, 4) is 0 Å². The molecule has 0 aliphatic rings. The number of hydrogen-bond donors (Lipinski definition) is 1. The quantitative estimate of drug-likeness (QED) is 0.734. The number of aromatic nitrogens is 3. The van der Waals surface area contributed by atoms with Crippen LogP contribution in [0.1, 0.15) is 22.0 Å². The fourth-order valence-electron chi connectivity index (χ4n) is 2.36. The molecule has 0 fully saturated rings. The lowest BCUT2D eigenvalue weighted by atomic mass is 10.2. The van der Waals surface area contributed by atoms with Crippen molar-refractivity contribution in [2.45, 2.75) is 20.3 Å². The number of amides is 1. The molecule has 118 valence electrons. The van der Waals surface area contributed by atoms with Gasteiger partial charge in [0.25, 0.3) is 0 Å². The zero-order valence-corrected chi connectivity index (χ0v) is 13.9. The molecule has 1 amide bonds. The van der Waals surface area contributed by atoms with Crippen LogP contribution in [0.15, 0.2) is 36.7 Å². The van der Waals surface area contributed by atoms with Crippen molar-refractivity contribution in [2.75, 3.05) is 6.54 Å². The molecule has 0 spiro atoms. The highest BCUT2D eigenvalue weighted by Gasteiger charge is 2.08. The van der Waals surface area contributed by atoms with E-state index in [1.807, 2.05) is 48.7 Å². The summed E-state index contributed by atoms with van der Waals surface area (Å²) in [4.78, 5) is 22.8. The molecule has 0 saturated heterocycles. The van der Waals surface area contributed by atoms with Gasteiger partial charge in [-0.05, 0) is 32.1 Å². The minimum absolute atomic E-state index is 0.109. The number of carbonyl (C=O) groups is 1. The molecule has 0 saturated carbocycles. The van der Waals surface area contributed by atoms with E-state index in [0.29, 0.717) is 6.54 Å². The summed E-state index contributed by atoms with van der Waals surface area (Å²) in [7, 11) is 0. The van der Waals surface area contributed by atoms with Crippen molar-refractivity contribution in [3.63, 3.8) is 0 Å². The van der Waals surface area contributed by atoms with Gasteiger partial charge in [-0.2, -0.15) is 0 Å². The maximum atomic E-state index is 11.9. The van der Waals surface area contributed by atoms with Crippen LogP contribution >= 0.6 is 11.3 Å². The van der Waals surface area contributed by atoms with Gasteiger partial charge >= 0.3 is 0 Å². The molecule has 3 rings (SSSR count). The van der Waals surface area contributed by atoms with E-state index in [1.165, 1.54) is 4.88 Å². The third kappa shape index (κ3) is 3.65. The molecule has 0 aliphatic heterocycles. The Morgan fingerprint density at radius 2 is 2.26 bits per heavy atom. The van der Waals surface area contributed by atoms with Gasteiger partial charge in [0.1, 0.15) is 0 Å². The standard InChI is InChI=1S/C17H18N4OS/c1-12-11-21-15(13(2)20-17(21)23-12)6-7-16(22)19-10-8-14-5-3-4-9-18-14/h3-7,9,11H,8,10H2,1-2H3,(H,19,22)/b7-6+. The third-order valence-corrected chi connectivity index (χ3v) is 4.36. The molecule has 3 aromatic rings. The second-order valence-electron chi connectivity index (χ2n) is 5.27. The lowest BCUT2D eigenvalue weighted by Crippen LogP contribution is -2.23. The van der Waals surface area contributed by atoms with Crippen LogP contribution in [-0.4, -0.2) is 26.8 Å². The maximum Gasteiger partial charge on any atom is 0.244 e. The zero-order valence-electron chi connectivity index (χ0n) is 13.1. The molecular formula is C17H18N4OS. The average Bonchev–Trinajstić information content (AvgIpc) is 3.01. The third-order valence-electron chi connectivity index (χ3n) is 3.46. The van der Waals surface area contributed by atoms with E-state index in [1.54, 1.807) is 23.6 Å². The number of carbonyl (C=O) groups excluding carboxylic acids is 1. The first-order valence-corrected chi connectivity index (χ1v) is 8.26. The molecule has 0 radical (unpaired) electrons. The molecule has 3 heterocycles. The highest BCUT2D eigenvalue weighted by molar-refractivity contribution is 7.17. The van der Waals surface area contributed by atoms with Gasteiger partial charge in [-0.3, -0.25) is 14.2 Å². The van der Waals surface area contributed by atoms with Crippen molar-refractivity contribution < 1.29 is 4.79 Å². The second-order valence-corrected chi connectivity index (χ2v) is 6.49. The predicted molar refractivity (Wildman–Crippen MR) is 92.5 cm³/mol. The van der Waals surface area contributed by atoms with Gasteiger partial charge in [-0.25, -0.2) is 4.98 Å². The SMILES string of the molecule is Cc1cn2c(/C=C/C(=O)NCCc3ccccn3)c(C)nc2s1. The number of hydrogen-bond acceptors (Lipinski definition) is 4. The van der Waals surface area contributed by atoms with E-state index >= 15 is 0 Å². The predicted octanol–water partition coefficient (Wildman–Crippen LogP) is 2.78. The van der Waals surface area contributed by atoms with E-state index in [-0.39, 0.29) is 5.91 Å². The number of rotatable bonds is 5. The average molecular weight is 326 g/mol. The van der Waals surface area contributed by atoms with E-state index in [0.717, 1.165) is 28.5 Å². The van der Waals surface area contributed by atoms with Gasteiger partial charge in [-0.15, -0.1) is 11.3 Å². The van der Waals surface area contributed by atoms with Gasteiger partial charge in [-0.1, -0.05) is 6.07 Å². The molecule has 5 nitrogen and oxygen atoms in total. The van der Waals surface area contributed by atoms with Crippen LogP contribution in [0, 0.1) is 13.8 Å². The summed E-state index contributed by atoms with van der Waals surface area (Å²) in [5, 5.41) is 2.87. The summed E-state index contributed by atoms with van der Waals surface area (Å²) in [5.74, 6) is -0.109. The molecule has 0 bridgehead atoms. The summed E-state index contributed by atoms with van der Waals surface area (Å²) in [5.41, 5.74) is 2.84. The van der Waals surface area contributed by atoms with Crippen molar-refractivity contribution in [2.24, 2.45) is 0 Å². The van der Waals surface area contributed by atoms with Crippen molar-refractivity contribution >= 4 is 28.3 Å². The molecule has 3 aromatic heterocycles. The summed E-state index contributed by atoms with van der Waals surface area (Å²) < 4.78 is 2.02. The number of imidazole rings is 1. The minimum Gasteiger partial charge on any atom is -0.352 e. The number of pyridine rings is 1. The highest BCUT2D eigenvalue weighted by atomic mass is 32.1. The molecule has 1 N–H and O–H groups in total. The lowest BCUT2D eigenvalue weighted by molar-refractivity contribution is -0.116. The Kier molecular flexibility index (Phi) is 4.52. The zero-order chi connectivity index (χ0) is 16.2. The molecule has 23 heavy (non-hydrogen) atoms. The molecular weight excluding hydrogens is 308 g/mol. The second kappa shape index (κ2) is 6.75. The van der Waals surface area contributed by atoms with Gasteiger partial charge in [0, 0.05) is 42.0 Å². The van der Waals surface area contributed by atoms with E-state index < -0.39 is 0 Å². The van der Waals surface area contributed by atoms with Crippen LogP contribution in [0.3, 0.4) is 0 Å². The van der Waals surface area contributed by atoms with Crippen LogP contribution in [0.4, 0.5) is 0 Å². The first-order valence-electron chi connectivity index (χ1n) is 7.44. The highest BCUT2D eigenvalue weighted by Crippen LogP contribution is 2.21. The Morgan fingerprint density at radius 3 is 3.04 bits per heavy atom. The van der Waals surface area contributed by atoms with Crippen molar-refractivity contribution in [3.05, 3.63) is 58.6 Å². The number of thiazole rings is 1. The Labute approximate surface area is 138 Å². The molecule has 0 unspecified atom stereocenters. The van der Waals surface area contributed by atoms with Crippen LogP contribution < -0.4 is 5.32 Å². The lowest BCUT2D eigenvalue weighted by Gasteiger charge is -2.01. The molecule has 0 aromatic carbocycles. The summed E-state index contributed by atoms with van der Waals surface area (Å²) in [6.07, 6.45) is 7.89. The normalized spacial score (nSPS) is 11.4. The molecule has 0 aliphatic carbocycles. The van der Waals surface area contributed by atoms with E-state index in [4.69, 9.17) is 0 Å². The Balaban J connectivity index is 1.60. The van der Waals surface area contributed by atoms with Crippen LogP contribution in [-0.2, 0) is 11.2 Å². The summed E-state index contributed by atoms with van der Waals surface area (Å²) >= 11 is 1.64. The Morgan fingerprint density at radius 1 is 1.39 bits per heavy atom. The van der Waals surface area contributed by atoms with Gasteiger partial charge in [0.2, 0.25) is 5.91 Å². The Bertz CT molecular complexity index is 848. The largest absolute Gasteiger partial charge is 0.352 e. The fraction of sp³-hybridized carbons (Fsp3) is 0.235. The smallest absolute Gasteiger partial charge is 0.244 e. The topological polar surface area (TPSA) is 59.3 Å².